The van der Waals surface area contributed by atoms with E-state index in [0.717, 1.165) is 111 Å². The van der Waals surface area contributed by atoms with Crippen molar-refractivity contribution in [3.8, 4) is 28.6 Å². The van der Waals surface area contributed by atoms with Gasteiger partial charge in [0, 0.05) is 39.2 Å². The van der Waals surface area contributed by atoms with Crippen LogP contribution in [0.15, 0.2) is 84.1 Å². The minimum Gasteiger partial charge on any atom is -0.494 e. The number of benzene rings is 2. The Morgan fingerprint density at radius 1 is 0.710 bits per heavy atom. The number of anilines is 2. The number of rotatable bonds is 14. The minimum atomic E-state index is -0.424. The van der Waals surface area contributed by atoms with E-state index in [1.54, 1.807) is 54.7 Å². The lowest BCUT2D eigenvalue weighted by atomic mass is 9.90. The van der Waals surface area contributed by atoms with Crippen molar-refractivity contribution in [3.05, 3.63) is 101 Å². The number of halogens is 3. The van der Waals surface area contributed by atoms with E-state index in [1.807, 2.05) is 30.5 Å². The highest BCUT2D eigenvalue weighted by atomic mass is 35.5. The molecule has 6 aromatic rings. The predicted molar refractivity (Wildman–Crippen MR) is 233 cm³/mol. The van der Waals surface area contributed by atoms with Crippen LogP contribution in [0.5, 0.6) is 11.5 Å². The van der Waals surface area contributed by atoms with Gasteiger partial charge in [-0.2, -0.15) is 0 Å². The van der Waals surface area contributed by atoms with Crippen LogP contribution in [0.25, 0.3) is 17.1 Å². The molecule has 4 aliphatic rings. The van der Waals surface area contributed by atoms with Crippen molar-refractivity contribution in [2.75, 3.05) is 49.2 Å². The largest absolute Gasteiger partial charge is 0.494 e. The lowest BCUT2D eigenvalue weighted by Gasteiger charge is -2.32. The van der Waals surface area contributed by atoms with E-state index >= 15 is 0 Å². The third-order valence-corrected chi connectivity index (χ3v) is 13.1. The Morgan fingerprint density at radius 3 is 1.73 bits per heavy atom. The molecule has 4 fully saturated rings. The highest BCUT2D eigenvalue weighted by Gasteiger charge is 2.44. The molecule has 2 aliphatic carbocycles. The molecule has 14 nitrogen and oxygen atoms in total. The Kier molecular flexibility index (Phi) is 13.1. The summed E-state index contributed by atoms with van der Waals surface area (Å²) in [5, 5.41) is 16.6. The zero-order valence-corrected chi connectivity index (χ0v) is 36.2. The van der Waals surface area contributed by atoms with Crippen LogP contribution in [0.4, 0.5) is 16.3 Å². The van der Waals surface area contributed by atoms with Crippen LogP contribution in [0.3, 0.4) is 0 Å². The lowest BCUT2D eigenvalue weighted by molar-refractivity contribution is 0.283. The third kappa shape index (κ3) is 10.6. The van der Waals surface area contributed by atoms with Gasteiger partial charge in [0.2, 0.25) is 17.8 Å². The van der Waals surface area contributed by atoms with Crippen LogP contribution in [0, 0.1) is 48.2 Å². The molecule has 62 heavy (non-hydrogen) atoms. The maximum atomic E-state index is 14.4. The maximum Gasteiger partial charge on any atom is 0.250 e. The number of aryl methyl sites for hydroxylation is 1. The molecule has 324 valence electrons. The van der Waals surface area contributed by atoms with Gasteiger partial charge in [0.25, 0.3) is 5.89 Å². The summed E-state index contributed by atoms with van der Waals surface area (Å²) in [5.41, 5.74) is 1.27. The number of nitrogens with zero attached hydrogens (tertiary/aromatic N) is 11. The first-order chi connectivity index (χ1) is 30.3. The maximum absolute atomic E-state index is 14.4. The summed E-state index contributed by atoms with van der Waals surface area (Å²) < 4.78 is 33.2. The normalized spacial score (nSPS) is 21.3. The highest BCUT2D eigenvalue weighted by molar-refractivity contribution is 6.30. The van der Waals surface area contributed by atoms with Gasteiger partial charge < -0.3 is 23.7 Å². The Morgan fingerprint density at radius 2 is 1.24 bits per heavy atom. The smallest absolute Gasteiger partial charge is 0.250 e. The molecule has 4 aromatic heterocycles. The lowest BCUT2D eigenvalue weighted by Crippen LogP contribution is -2.35. The summed E-state index contributed by atoms with van der Waals surface area (Å²) in [5.74, 6) is 7.86. The standard InChI is InChI=1S/C23H25ClFN5O2.C22H25ClN6O/c1-14-28-29-22(32-14)19-3-2-18(11-21(19)25)31-9-6-16-10-20(16)15-4-7-30(8-5-15)23-26-12-17(24)13-27-23;23-18-14-24-22(25-15-18)28-9-5-16(6-10-28)21-13-17(21)7-12-30-20-3-1-19(2-4-20)29-11-8-26-27-29/h2-3,11-13,15-16,20H,4-10H2,1H3;1-4,8,11,14-17,21H,5-7,9-10,12-13H2/t16-,20-;17-,21-/m00/s1. The molecular weight excluding hydrogens is 832 g/mol. The van der Waals surface area contributed by atoms with Crippen molar-refractivity contribution in [2.24, 2.45) is 35.5 Å². The SMILES string of the molecule is Cc1nnc(-c2ccc(OCC[C@H]3C[C@H]3C3CCN(c4ncc(Cl)cn4)CC3)cc2F)o1.Clc1cnc(N2CCC([C@@H]3C[C@@H]3CCOc3ccc(-n4ccnn4)cc3)CC2)nc1. The minimum absolute atomic E-state index is 0.182. The van der Waals surface area contributed by atoms with Crippen LogP contribution >= 0.6 is 23.2 Å². The van der Waals surface area contributed by atoms with Crippen LogP contribution in [0.1, 0.15) is 57.3 Å². The molecule has 2 saturated heterocycles. The Hall–Kier alpha value is -5.41. The van der Waals surface area contributed by atoms with Crippen molar-refractivity contribution in [1.29, 1.82) is 0 Å². The predicted octanol–water partition coefficient (Wildman–Crippen LogP) is 8.98. The molecule has 0 radical (unpaired) electrons. The molecule has 17 heteroatoms. The van der Waals surface area contributed by atoms with E-state index in [0.29, 0.717) is 34.2 Å². The second-order valence-corrected chi connectivity index (χ2v) is 17.6. The fraction of sp³-hybridized carbons (Fsp3) is 0.467. The molecule has 0 N–H and O–H groups in total. The summed E-state index contributed by atoms with van der Waals surface area (Å²) in [6.07, 6.45) is 19.7. The number of aromatic nitrogens is 9. The van der Waals surface area contributed by atoms with E-state index in [4.69, 9.17) is 37.1 Å². The van der Waals surface area contributed by atoms with E-state index in [2.05, 4.69) is 50.2 Å². The molecule has 4 atom stereocenters. The van der Waals surface area contributed by atoms with Gasteiger partial charge in [-0.15, -0.1) is 15.3 Å². The van der Waals surface area contributed by atoms with Crippen molar-refractivity contribution in [3.63, 3.8) is 0 Å². The first kappa shape index (κ1) is 41.9. The van der Waals surface area contributed by atoms with Gasteiger partial charge in [0.15, 0.2) is 0 Å². The monoisotopic (exact) mass is 881 g/mol. The van der Waals surface area contributed by atoms with Gasteiger partial charge in [0.05, 0.1) is 71.7 Å². The quantitative estimate of drug-likeness (QED) is 0.103. The molecule has 2 saturated carbocycles. The van der Waals surface area contributed by atoms with Gasteiger partial charge >= 0.3 is 0 Å². The van der Waals surface area contributed by atoms with Gasteiger partial charge in [-0.3, -0.25) is 0 Å². The topological polar surface area (TPSA) is 146 Å². The van der Waals surface area contributed by atoms with Crippen LogP contribution in [-0.2, 0) is 0 Å². The molecule has 10 rings (SSSR count). The molecule has 0 amide bonds. The average Bonchev–Trinajstić information content (AvgIpc) is 4.13. The molecule has 0 unspecified atom stereocenters. The fourth-order valence-corrected chi connectivity index (χ4v) is 9.41. The van der Waals surface area contributed by atoms with Gasteiger partial charge in [0.1, 0.15) is 17.3 Å². The molecule has 2 aliphatic heterocycles. The van der Waals surface area contributed by atoms with Crippen molar-refractivity contribution < 1.29 is 18.3 Å². The Labute approximate surface area is 370 Å². The van der Waals surface area contributed by atoms with E-state index in [9.17, 15) is 4.39 Å². The third-order valence-electron chi connectivity index (χ3n) is 12.8. The first-order valence-electron chi connectivity index (χ1n) is 21.6. The van der Waals surface area contributed by atoms with Crippen molar-refractivity contribution >= 4 is 35.1 Å². The zero-order valence-electron chi connectivity index (χ0n) is 34.6. The zero-order chi connectivity index (χ0) is 42.4. The Balaban J connectivity index is 0.000000158. The molecule has 6 heterocycles. The van der Waals surface area contributed by atoms with E-state index in [1.165, 1.54) is 31.7 Å². The van der Waals surface area contributed by atoms with E-state index < -0.39 is 5.82 Å². The molecular formula is C45H50Cl2FN11O3. The summed E-state index contributed by atoms with van der Waals surface area (Å²) in [7, 11) is 0. The summed E-state index contributed by atoms with van der Waals surface area (Å²) in [6, 6.07) is 12.7. The number of piperidine rings is 2. The second-order valence-electron chi connectivity index (χ2n) is 16.8. The average molecular weight is 883 g/mol. The number of hydrogen-bond donors (Lipinski definition) is 0. The summed E-state index contributed by atoms with van der Waals surface area (Å²) in [4.78, 5) is 21.9. The molecule has 0 bridgehead atoms. The van der Waals surface area contributed by atoms with Crippen molar-refractivity contribution in [1.82, 2.24) is 45.1 Å². The van der Waals surface area contributed by atoms with E-state index in [-0.39, 0.29) is 11.5 Å². The highest BCUT2D eigenvalue weighted by Crippen LogP contribution is 2.51. The van der Waals surface area contributed by atoms with Crippen molar-refractivity contribution in [2.45, 2.75) is 58.3 Å². The van der Waals surface area contributed by atoms with Crippen LogP contribution < -0.4 is 19.3 Å². The molecule has 2 aromatic carbocycles. The summed E-state index contributed by atoms with van der Waals surface area (Å²) >= 11 is 11.8. The van der Waals surface area contributed by atoms with Crippen LogP contribution in [0.2, 0.25) is 10.0 Å². The fourth-order valence-electron chi connectivity index (χ4n) is 9.22. The summed E-state index contributed by atoms with van der Waals surface area (Å²) in [6.45, 7) is 7.08. The van der Waals surface area contributed by atoms with Gasteiger partial charge in [-0.25, -0.2) is 29.0 Å². The number of hydrogen-bond acceptors (Lipinski definition) is 13. The van der Waals surface area contributed by atoms with Gasteiger partial charge in [-0.1, -0.05) is 28.4 Å². The Bertz CT molecular complexity index is 2340. The molecule has 0 spiro atoms. The van der Waals surface area contributed by atoms with Crippen LogP contribution in [-0.4, -0.2) is 84.5 Å². The second kappa shape index (κ2) is 19.3. The first-order valence-corrected chi connectivity index (χ1v) is 22.4. The van der Waals surface area contributed by atoms with Gasteiger partial charge in [-0.05, 0) is 123 Å². The number of ether oxygens (including phenoxy) is 2.